The SMILES string of the molecule is c1ccc(-c2ccc(N(c3cccc4c3Oc3ccc5c(c3O4)-c3ccccc3C53c4ccccc4-c4ccccc43)c3cccc4ccccc34)c3ccccc23)cc1. The molecule has 60 heavy (non-hydrogen) atoms. The van der Waals surface area contributed by atoms with E-state index in [9.17, 15) is 0 Å². The molecule has 0 aromatic heterocycles. The van der Waals surface area contributed by atoms with Crippen LogP contribution in [0.4, 0.5) is 17.1 Å². The van der Waals surface area contributed by atoms with E-state index in [1.165, 1.54) is 55.5 Å². The Morgan fingerprint density at radius 3 is 1.65 bits per heavy atom. The third-order valence-electron chi connectivity index (χ3n) is 12.9. The Kier molecular flexibility index (Phi) is 6.93. The molecule has 0 fully saturated rings. The Labute approximate surface area is 348 Å². The van der Waals surface area contributed by atoms with E-state index in [-0.39, 0.29) is 0 Å². The molecule has 0 bridgehead atoms. The first kappa shape index (κ1) is 33.1. The summed E-state index contributed by atoms with van der Waals surface area (Å²) in [6, 6.07) is 76.3. The van der Waals surface area contributed by atoms with Crippen molar-refractivity contribution in [2.75, 3.05) is 4.90 Å². The molecular weight excluding hydrogens is 731 g/mol. The van der Waals surface area contributed by atoms with Crippen LogP contribution in [-0.4, -0.2) is 0 Å². The van der Waals surface area contributed by atoms with Crippen LogP contribution >= 0.6 is 0 Å². The largest absolute Gasteiger partial charge is 0.449 e. The third-order valence-corrected chi connectivity index (χ3v) is 12.9. The average molecular weight is 766 g/mol. The summed E-state index contributed by atoms with van der Waals surface area (Å²) in [6.45, 7) is 0. The van der Waals surface area contributed by atoms with Crippen LogP contribution in [0.5, 0.6) is 23.0 Å². The van der Waals surface area contributed by atoms with E-state index in [4.69, 9.17) is 9.47 Å². The Morgan fingerprint density at radius 1 is 0.317 bits per heavy atom. The van der Waals surface area contributed by atoms with E-state index in [1.807, 2.05) is 6.07 Å². The number of anilines is 3. The lowest BCUT2D eigenvalue weighted by atomic mass is 9.70. The van der Waals surface area contributed by atoms with Gasteiger partial charge in [-0.25, -0.2) is 0 Å². The number of rotatable bonds is 4. The second-order valence-corrected chi connectivity index (χ2v) is 15.9. The molecule has 0 N–H and O–H groups in total. The zero-order valence-corrected chi connectivity index (χ0v) is 32.5. The van der Waals surface area contributed by atoms with Gasteiger partial charge in [0.1, 0.15) is 0 Å². The molecule has 3 heteroatoms. The van der Waals surface area contributed by atoms with Gasteiger partial charge in [-0.1, -0.05) is 182 Å². The predicted molar refractivity (Wildman–Crippen MR) is 244 cm³/mol. The third kappa shape index (κ3) is 4.44. The van der Waals surface area contributed by atoms with E-state index in [0.717, 1.165) is 44.5 Å². The van der Waals surface area contributed by atoms with Crippen LogP contribution in [0.25, 0.3) is 54.9 Å². The van der Waals surface area contributed by atoms with Gasteiger partial charge in [0.25, 0.3) is 0 Å². The number of ether oxygens (including phenoxy) is 2. The van der Waals surface area contributed by atoms with Gasteiger partial charge in [0.05, 0.1) is 22.5 Å². The van der Waals surface area contributed by atoms with Crippen LogP contribution in [0.1, 0.15) is 22.3 Å². The highest BCUT2D eigenvalue weighted by atomic mass is 16.6. The molecule has 2 aliphatic carbocycles. The molecule has 13 rings (SSSR count). The molecule has 1 heterocycles. The number of hydrogen-bond donors (Lipinski definition) is 0. The van der Waals surface area contributed by atoms with E-state index >= 15 is 0 Å². The van der Waals surface area contributed by atoms with Crippen molar-refractivity contribution in [3.63, 3.8) is 0 Å². The lowest BCUT2D eigenvalue weighted by molar-refractivity contribution is 0.361. The zero-order chi connectivity index (χ0) is 39.4. The minimum Gasteiger partial charge on any atom is -0.449 e. The van der Waals surface area contributed by atoms with Crippen molar-refractivity contribution >= 4 is 38.6 Å². The molecule has 1 spiro atoms. The molecule has 3 nitrogen and oxygen atoms in total. The normalized spacial score (nSPS) is 13.4. The standard InChI is InChI=1S/C57H35NO2/c1-2-16-36(17-3-1)38-32-34-50(43-24-7-6-21-40(38)43)58(49-29-14-19-37-18-4-5-20-39(37)49)51-30-15-31-52-55(51)59-53-35-33-48-54(56(53)60-52)44-25-10-13-28-47(44)57(48)45-26-11-8-22-41(45)42-23-9-12-27-46(42)57/h1-35H. The summed E-state index contributed by atoms with van der Waals surface area (Å²) in [5.74, 6) is 2.79. The van der Waals surface area contributed by atoms with Gasteiger partial charge >= 0.3 is 0 Å². The Balaban J connectivity index is 1.03. The molecular formula is C57H35NO2. The molecule has 0 saturated carbocycles. The van der Waals surface area contributed by atoms with Crippen LogP contribution < -0.4 is 14.4 Å². The predicted octanol–water partition coefficient (Wildman–Crippen LogP) is 15.4. The van der Waals surface area contributed by atoms with Gasteiger partial charge in [0, 0.05) is 16.3 Å². The molecule has 0 saturated heterocycles. The highest BCUT2D eigenvalue weighted by molar-refractivity contribution is 6.09. The molecule has 0 unspecified atom stereocenters. The molecule has 0 amide bonds. The maximum absolute atomic E-state index is 7.22. The summed E-state index contributed by atoms with van der Waals surface area (Å²) in [7, 11) is 0. The Morgan fingerprint density at radius 2 is 0.867 bits per heavy atom. The summed E-state index contributed by atoms with van der Waals surface area (Å²) >= 11 is 0. The number of hydrogen-bond acceptors (Lipinski definition) is 3. The van der Waals surface area contributed by atoms with Crippen molar-refractivity contribution in [3.05, 3.63) is 235 Å². The van der Waals surface area contributed by atoms with Gasteiger partial charge in [0.2, 0.25) is 0 Å². The van der Waals surface area contributed by atoms with Crippen LogP contribution in [0.3, 0.4) is 0 Å². The fraction of sp³-hybridized carbons (Fsp3) is 0.0175. The van der Waals surface area contributed by atoms with Crippen LogP contribution in [-0.2, 0) is 5.41 Å². The first-order valence-electron chi connectivity index (χ1n) is 20.6. The van der Waals surface area contributed by atoms with Crippen molar-refractivity contribution < 1.29 is 9.47 Å². The van der Waals surface area contributed by atoms with Crippen molar-refractivity contribution in [1.82, 2.24) is 0 Å². The fourth-order valence-electron chi connectivity index (χ4n) is 10.5. The molecule has 280 valence electrons. The summed E-state index contributed by atoms with van der Waals surface area (Å²) in [5.41, 5.74) is 14.8. The maximum atomic E-state index is 7.22. The van der Waals surface area contributed by atoms with Crippen molar-refractivity contribution in [3.8, 4) is 56.4 Å². The van der Waals surface area contributed by atoms with Gasteiger partial charge in [-0.2, -0.15) is 0 Å². The minimum absolute atomic E-state index is 0.474. The number of benzene rings is 10. The lowest BCUT2D eigenvalue weighted by Crippen LogP contribution is -2.25. The first-order valence-corrected chi connectivity index (χ1v) is 20.6. The molecule has 3 aliphatic rings. The van der Waals surface area contributed by atoms with E-state index < -0.39 is 5.41 Å². The average Bonchev–Trinajstić information content (AvgIpc) is 3.79. The van der Waals surface area contributed by atoms with Crippen molar-refractivity contribution in [1.29, 1.82) is 0 Å². The Hall–Kier alpha value is -7.88. The summed E-state index contributed by atoms with van der Waals surface area (Å²) < 4.78 is 14.4. The van der Waals surface area contributed by atoms with E-state index in [2.05, 4.69) is 211 Å². The monoisotopic (exact) mass is 765 g/mol. The smallest absolute Gasteiger partial charge is 0.194 e. The zero-order valence-electron chi connectivity index (χ0n) is 32.5. The van der Waals surface area contributed by atoms with Gasteiger partial charge in [-0.3, -0.25) is 0 Å². The second-order valence-electron chi connectivity index (χ2n) is 15.9. The van der Waals surface area contributed by atoms with Crippen LogP contribution in [0.15, 0.2) is 212 Å². The van der Waals surface area contributed by atoms with Gasteiger partial charge < -0.3 is 14.4 Å². The number of fused-ring (bicyclic) bond motifs is 15. The highest BCUT2D eigenvalue weighted by Crippen LogP contribution is 2.67. The molecule has 10 aromatic rings. The van der Waals surface area contributed by atoms with Gasteiger partial charge in [-0.05, 0) is 91.2 Å². The van der Waals surface area contributed by atoms with Gasteiger partial charge in [-0.15, -0.1) is 0 Å². The van der Waals surface area contributed by atoms with E-state index in [0.29, 0.717) is 17.2 Å². The first-order chi connectivity index (χ1) is 29.8. The maximum Gasteiger partial charge on any atom is 0.194 e. The van der Waals surface area contributed by atoms with Gasteiger partial charge in [0.15, 0.2) is 23.0 Å². The number of para-hydroxylation sites is 1. The Bertz CT molecular complexity index is 3350. The summed E-state index contributed by atoms with van der Waals surface area (Å²) in [5, 5.41) is 4.62. The molecule has 0 radical (unpaired) electrons. The topological polar surface area (TPSA) is 21.7 Å². The summed E-state index contributed by atoms with van der Waals surface area (Å²) in [4.78, 5) is 2.36. The molecule has 0 atom stereocenters. The van der Waals surface area contributed by atoms with Crippen molar-refractivity contribution in [2.24, 2.45) is 0 Å². The van der Waals surface area contributed by atoms with Crippen LogP contribution in [0, 0.1) is 0 Å². The molecule has 10 aromatic carbocycles. The summed E-state index contributed by atoms with van der Waals surface area (Å²) in [6.07, 6.45) is 0. The lowest BCUT2D eigenvalue weighted by Gasteiger charge is -2.33. The van der Waals surface area contributed by atoms with E-state index in [1.54, 1.807) is 0 Å². The second kappa shape index (κ2) is 12.6. The fourth-order valence-corrected chi connectivity index (χ4v) is 10.5. The number of nitrogens with zero attached hydrogens (tertiary/aromatic N) is 1. The van der Waals surface area contributed by atoms with Crippen molar-refractivity contribution in [2.45, 2.75) is 5.41 Å². The van der Waals surface area contributed by atoms with Crippen LogP contribution in [0.2, 0.25) is 0 Å². The molecule has 1 aliphatic heterocycles. The highest BCUT2D eigenvalue weighted by Gasteiger charge is 2.53. The quantitative estimate of drug-likeness (QED) is 0.178. The minimum atomic E-state index is -0.474.